The molecule has 0 aliphatic rings. The minimum absolute atomic E-state index is 0.418. The average Bonchev–Trinajstić information content (AvgIpc) is 2.55. The molecule has 1 rings (SSSR count). The third-order valence-electron chi connectivity index (χ3n) is 1.58. The van der Waals surface area contributed by atoms with Gasteiger partial charge in [0.1, 0.15) is 0 Å². The number of hydrogen-bond donors (Lipinski definition) is 2. The Morgan fingerprint density at radius 3 is 3.08 bits per heavy atom. The molecule has 0 saturated carbocycles. The van der Waals surface area contributed by atoms with Gasteiger partial charge in [0.25, 0.3) is 0 Å². The molecule has 4 heteroatoms. The van der Waals surface area contributed by atoms with Crippen LogP contribution in [0.1, 0.15) is 11.7 Å². The number of halogens is 1. The lowest BCUT2D eigenvalue weighted by Gasteiger charge is -2.09. The summed E-state index contributed by atoms with van der Waals surface area (Å²) < 4.78 is 0.894. The summed E-state index contributed by atoms with van der Waals surface area (Å²) in [4.78, 5) is 0. The van der Waals surface area contributed by atoms with Crippen molar-refractivity contribution in [3.8, 4) is 0 Å². The van der Waals surface area contributed by atoms with Crippen LogP contribution in [0.3, 0.4) is 0 Å². The van der Waals surface area contributed by atoms with E-state index in [-0.39, 0.29) is 0 Å². The van der Waals surface area contributed by atoms with Crippen LogP contribution in [0.5, 0.6) is 0 Å². The highest BCUT2D eigenvalue weighted by Crippen LogP contribution is 2.15. The van der Waals surface area contributed by atoms with Crippen LogP contribution in [0.2, 0.25) is 0 Å². The second kappa shape index (κ2) is 5.54. The van der Waals surface area contributed by atoms with Gasteiger partial charge in [-0.05, 0) is 22.4 Å². The van der Waals surface area contributed by atoms with Crippen LogP contribution in [-0.4, -0.2) is 18.2 Å². The molecule has 1 aromatic heterocycles. The number of thiophene rings is 1. The van der Waals surface area contributed by atoms with E-state index in [1.165, 1.54) is 0 Å². The van der Waals surface area contributed by atoms with Crippen LogP contribution in [0.15, 0.2) is 27.9 Å². The standard InChI is InChI=1S/C9H12BrNOS/c1-7(10)4-11-5-9(12)8-2-3-13-6-8/h2-3,6,9,11-12H,1,4-5H2. The molecule has 1 unspecified atom stereocenters. The van der Waals surface area contributed by atoms with Gasteiger partial charge in [0.05, 0.1) is 6.10 Å². The van der Waals surface area contributed by atoms with E-state index in [4.69, 9.17) is 0 Å². The second-order valence-corrected chi connectivity index (χ2v) is 4.62. The van der Waals surface area contributed by atoms with Crippen molar-refractivity contribution in [1.29, 1.82) is 0 Å². The van der Waals surface area contributed by atoms with Gasteiger partial charge < -0.3 is 10.4 Å². The molecular formula is C9H12BrNOS. The van der Waals surface area contributed by atoms with Crippen molar-refractivity contribution >= 4 is 27.3 Å². The molecule has 0 amide bonds. The third kappa shape index (κ3) is 4.04. The largest absolute Gasteiger partial charge is 0.387 e. The molecule has 72 valence electrons. The Hall–Kier alpha value is -0.160. The predicted octanol–water partition coefficient (Wildman–Crippen LogP) is 2.28. The van der Waals surface area contributed by atoms with Crippen LogP contribution in [0.4, 0.5) is 0 Å². The first-order valence-electron chi connectivity index (χ1n) is 3.94. The molecule has 1 aromatic rings. The molecule has 0 fully saturated rings. The molecular weight excluding hydrogens is 250 g/mol. The number of hydrogen-bond acceptors (Lipinski definition) is 3. The maximum absolute atomic E-state index is 9.62. The van der Waals surface area contributed by atoms with Crippen molar-refractivity contribution in [3.63, 3.8) is 0 Å². The lowest BCUT2D eigenvalue weighted by Crippen LogP contribution is -2.22. The van der Waals surface area contributed by atoms with E-state index in [1.54, 1.807) is 11.3 Å². The zero-order valence-electron chi connectivity index (χ0n) is 7.16. The lowest BCUT2D eigenvalue weighted by atomic mass is 10.2. The zero-order chi connectivity index (χ0) is 9.68. The Balaban J connectivity index is 2.26. The van der Waals surface area contributed by atoms with E-state index in [0.717, 1.165) is 10.0 Å². The lowest BCUT2D eigenvalue weighted by molar-refractivity contribution is 0.177. The summed E-state index contributed by atoms with van der Waals surface area (Å²) >= 11 is 4.83. The molecule has 2 N–H and O–H groups in total. The number of aliphatic hydroxyl groups excluding tert-OH is 1. The summed E-state index contributed by atoms with van der Waals surface area (Å²) in [6.45, 7) is 4.93. The first kappa shape index (κ1) is 10.9. The van der Waals surface area contributed by atoms with Crippen LogP contribution in [-0.2, 0) is 0 Å². The molecule has 0 saturated heterocycles. The first-order valence-corrected chi connectivity index (χ1v) is 5.68. The second-order valence-electron chi connectivity index (χ2n) is 2.72. The third-order valence-corrected chi connectivity index (χ3v) is 2.56. The van der Waals surface area contributed by atoms with Gasteiger partial charge in [-0.1, -0.05) is 22.5 Å². The maximum Gasteiger partial charge on any atom is 0.0922 e. The topological polar surface area (TPSA) is 32.3 Å². The van der Waals surface area contributed by atoms with Crippen LogP contribution < -0.4 is 5.32 Å². The Bertz CT molecular complexity index is 261. The van der Waals surface area contributed by atoms with E-state index in [9.17, 15) is 5.11 Å². The Morgan fingerprint density at radius 2 is 2.54 bits per heavy atom. The van der Waals surface area contributed by atoms with Gasteiger partial charge in [-0.3, -0.25) is 0 Å². The minimum Gasteiger partial charge on any atom is -0.387 e. The molecule has 0 aromatic carbocycles. The highest BCUT2D eigenvalue weighted by Gasteiger charge is 2.06. The van der Waals surface area contributed by atoms with E-state index in [0.29, 0.717) is 13.1 Å². The van der Waals surface area contributed by atoms with Crippen molar-refractivity contribution in [2.24, 2.45) is 0 Å². The number of aliphatic hydroxyl groups is 1. The van der Waals surface area contributed by atoms with Gasteiger partial charge in [-0.2, -0.15) is 11.3 Å². The fourth-order valence-corrected chi connectivity index (χ4v) is 1.83. The number of nitrogens with one attached hydrogen (secondary N) is 1. The average molecular weight is 262 g/mol. The van der Waals surface area contributed by atoms with Crippen molar-refractivity contribution < 1.29 is 5.11 Å². The molecule has 1 heterocycles. The molecule has 1 atom stereocenters. The van der Waals surface area contributed by atoms with Gasteiger partial charge in [0, 0.05) is 17.6 Å². The van der Waals surface area contributed by atoms with Crippen molar-refractivity contribution in [2.75, 3.05) is 13.1 Å². The summed E-state index contributed by atoms with van der Waals surface area (Å²) in [5.74, 6) is 0. The van der Waals surface area contributed by atoms with Gasteiger partial charge in [0.15, 0.2) is 0 Å². The van der Waals surface area contributed by atoms with Crippen molar-refractivity contribution in [1.82, 2.24) is 5.32 Å². The highest BCUT2D eigenvalue weighted by molar-refractivity contribution is 9.11. The van der Waals surface area contributed by atoms with Gasteiger partial charge >= 0.3 is 0 Å². The number of rotatable bonds is 5. The summed E-state index contributed by atoms with van der Waals surface area (Å²) in [6, 6.07) is 1.93. The molecule has 0 aliphatic heterocycles. The van der Waals surface area contributed by atoms with Crippen LogP contribution >= 0.6 is 27.3 Å². The SMILES string of the molecule is C=C(Br)CNCC(O)c1ccsc1. The fourth-order valence-electron chi connectivity index (χ4n) is 0.927. The molecule has 0 radical (unpaired) electrons. The Kier molecular flexibility index (Phi) is 4.66. The molecule has 0 spiro atoms. The highest BCUT2D eigenvalue weighted by atomic mass is 79.9. The Morgan fingerprint density at radius 1 is 1.77 bits per heavy atom. The first-order chi connectivity index (χ1) is 6.20. The smallest absolute Gasteiger partial charge is 0.0922 e. The van der Waals surface area contributed by atoms with Gasteiger partial charge in [-0.15, -0.1) is 0 Å². The monoisotopic (exact) mass is 261 g/mol. The quantitative estimate of drug-likeness (QED) is 0.853. The summed E-state index contributed by atoms with van der Waals surface area (Å²) in [5.41, 5.74) is 0.970. The maximum atomic E-state index is 9.62. The Labute approximate surface area is 90.4 Å². The van der Waals surface area contributed by atoms with Crippen molar-refractivity contribution in [3.05, 3.63) is 33.5 Å². The van der Waals surface area contributed by atoms with Crippen LogP contribution in [0, 0.1) is 0 Å². The van der Waals surface area contributed by atoms with Gasteiger partial charge in [0.2, 0.25) is 0 Å². The minimum atomic E-state index is -0.418. The summed E-state index contributed by atoms with van der Waals surface area (Å²) in [6.07, 6.45) is -0.418. The molecule has 0 bridgehead atoms. The zero-order valence-corrected chi connectivity index (χ0v) is 9.57. The van der Waals surface area contributed by atoms with E-state index in [1.807, 2.05) is 16.8 Å². The van der Waals surface area contributed by atoms with Crippen molar-refractivity contribution in [2.45, 2.75) is 6.10 Å². The van der Waals surface area contributed by atoms with E-state index in [2.05, 4.69) is 27.8 Å². The summed E-state index contributed by atoms with van der Waals surface area (Å²) in [5, 5.41) is 16.6. The molecule has 0 aliphatic carbocycles. The fraction of sp³-hybridized carbons (Fsp3) is 0.333. The normalized spacial score (nSPS) is 12.8. The van der Waals surface area contributed by atoms with Crippen LogP contribution in [0.25, 0.3) is 0 Å². The van der Waals surface area contributed by atoms with E-state index < -0.39 is 6.10 Å². The van der Waals surface area contributed by atoms with E-state index >= 15 is 0 Å². The predicted molar refractivity (Wildman–Crippen MR) is 60.2 cm³/mol. The van der Waals surface area contributed by atoms with Gasteiger partial charge in [-0.25, -0.2) is 0 Å². The molecule has 13 heavy (non-hydrogen) atoms. The molecule has 2 nitrogen and oxygen atoms in total. The summed E-state index contributed by atoms with van der Waals surface area (Å²) in [7, 11) is 0.